The topological polar surface area (TPSA) is 44.8 Å². The van der Waals surface area contributed by atoms with Crippen LogP contribution in [0.25, 0.3) is 0 Å². The summed E-state index contributed by atoms with van der Waals surface area (Å²) >= 11 is 3.47. The molecule has 0 amide bonds. The second-order valence-electron chi connectivity index (χ2n) is 4.24. The van der Waals surface area contributed by atoms with Gasteiger partial charge in [-0.05, 0) is 30.3 Å². The number of halogens is 1. The van der Waals surface area contributed by atoms with Crippen molar-refractivity contribution in [3.63, 3.8) is 0 Å². The van der Waals surface area contributed by atoms with Gasteiger partial charge in [0.25, 0.3) is 0 Å². The average Bonchev–Trinajstić information content (AvgIpc) is 2.53. The Balaban J connectivity index is 2.26. The normalized spacial score (nSPS) is 10.0. The Morgan fingerprint density at radius 1 is 1.14 bits per heavy atom. The van der Waals surface area contributed by atoms with Crippen LogP contribution in [0.4, 0.5) is 0 Å². The van der Waals surface area contributed by atoms with Crippen LogP contribution < -0.4 is 14.2 Å². The van der Waals surface area contributed by atoms with Gasteiger partial charge in [0, 0.05) is 10.0 Å². The quantitative estimate of drug-likeness (QED) is 0.742. The van der Waals surface area contributed by atoms with Crippen LogP contribution in [0.5, 0.6) is 17.2 Å². The number of hydrogen-bond donors (Lipinski definition) is 0. The highest BCUT2D eigenvalue weighted by Crippen LogP contribution is 2.32. The average molecular weight is 351 g/mol. The van der Waals surface area contributed by atoms with Crippen LogP contribution >= 0.6 is 15.9 Å². The molecule has 0 atom stereocenters. The van der Waals surface area contributed by atoms with Gasteiger partial charge in [-0.15, -0.1) is 0 Å². The summed E-state index contributed by atoms with van der Waals surface area (Å²) in [6.07, 6.45) is 0.748. The van der Waals surface area contributed by atoms with Gasteiger partial charge in [0.2, 0.25) is 0 Å². The SMILES string of the molecule is COc1ccc(Br)c(COc2c(C=O)cccc2OC)c1. The molecule has 21 heavy (non-hydrogen) atoms. The molecule has 2 aromatic carbocycles. The van der Waals surface area contributed by atoms with Gasteiger partial charge in [0.15, 0.2) is 17.8 Å². The standard InChI is InChI=1S/C16H15BrO4/c1-19-13-6-7-14(17)12(8-13)10-21-16-11(9-18)4-3-5-15(16)20-2/h3-9H,10H2,1-2H3. The third-order valence-electron chi connectivity index (χ3n) is 2.98. The van der Waals surface area contributed by atoms with Gasteiger partial charge < -0.3 is 14.2 Å². The van der Waals surface area contributed by atoms with Gasteiger partial charge in [0.1, 0.15) is 12.4 Å². The number of rotatable bonds is 6. The number of ether oxygens (including phenoxy) is 3. The molecule has 0 N–H and O–H groups in total. The molecule has 0 spiro atoms. The van der Waals surface area contributed by atoms with Crippen molar-refractivity contribution in [3.8, 4) is 17.2 Å². The van der Waals surface area contributed by atoms with E-state index in [1.54, 1.807) is 25.3 Å². The first-order valence-electron chi connectivity index (χ1n) is 6.27. The van der Waals surface area contributed by atoms with Crippen LogP contribution in [0.3, 0.4) is 0 Å². The lowest BCUT2D eigenvalue weighted by atomic mass is 10.2. The van der Waals surface area contributed by atoms with E-state index in [1.807, 2.05) is 18.2 Å². The molecule has 0 fully saturated rings. The highest BCUT2D eigenvalue weighted by atomic mass is 79.9. The number of para-hydroxylation sites is 1. The van der Waals surface area contributed by atoms with E-state index >= 15 is 0 Å². The molecule has 0 aliphatic rings. The molecule has 2 rings (SSSR count). The van der Waals surface area contributed by atoms with E-state index in [-0.39, 0.29) is 0 Å². The van der Waals surface area contributed by atoms with Crippen molar-refractivity contribution in [3.05, 3.63) is 52.0 Å². The summed E-state index contributed by atoms with van der Waals surface area (Å²) in [4.78, 5) is 11.1. The van der Waals surface area contributed by atoms with E-state index in [1.165, 1.54) is 7.11 Å². The van der Waals surface area contributed by atoms with Crippen LogP contribution in [0.2, 0.25) is 0 Å². The molecule has 0 saturated carbocycles. The van der Waals surface area contributed by atoms with Crippen LogP contribution in [0.15, 0.2) is 40.9 Å². The predicted octanol–water partition coefficient (Wildman–Crippen LogP) is 3.86. The summed E-state index contributed by atoms with van der Waals surface area (Å²) in [6.45, 7) is 0.291. The fourth-order valence-corrected chi connectivity index (χ4v) is 2.24. The minimum atomic E-state index is 0.291. The molecule has 0 radical (unpaired) electrons. The molecule has 0 heterocycles. The predicted molar refractivity (Wildman–Crippen MR) is 83.4 cm³/mol. The molecule has 0 aromatic heterocycles. The van der Waals surface area contributed by atoms with E-state index in [2.05, 4.69) is 15.9 Å². The summed E-state index contributed by atoms with van der Waals surface area (Å²) in [7, 11) is 3.15. The van der Waals surface area contributed by atoms with E-state index in [4.69, 9.17) is 14.2 Å². The largest absolute Gasteiger partial charge is 0.497 e. The number of methoxy groups -OCH3 is 2. The third-order valence-corrected chi connectivity index (χ3v) is 3.75. The lowest BCUT2D eigenvalue weighted by molar-refractivity contribution is 0.111. The second-order valence-corrected chi connectivity index (χ2v) is 5.10. The fourth-order valence-electron chi connectivity index (χ4n) is 1.88. The zero-order chi connectivity index (χ0) is 15.2. The molecule has 0 bridgehead atoms. The summed E-state index contributed by atoms with van der Waals surface area (Å²) in [5.41, 5.74) is 1.37. The maximum atomic E-state index is 11.1. The summed E-state index contributed by atoms with van der Waals surface area (Å²) < 4.78 is 17.1. The minimum Gasteiger partial charge on any atom is -0.497 e. The maximum Gasteiger partial charge on any atom is 0.172 e. The van der Waals surface area contributed by atoms with Gasteiger partial charge in [-0.3, -0.25) is 4.79 Å². The number of hydrogen-bond acceptors (Lipinski definition) is 4. The van der Waals surface area contributed by atoms with E-state index in [0.717, 1.165) is 22.1 Å². The Hall–Kier alpha value is -2.01. The Labute approximate surface area is 131 Å². The molecule has 0 aliphatic heterocycles. The highest BCUT2D eigenvalue weighted by Gasteiger charge is 2.11. The van der Waals surface area contributed by atoms with Crippen LogP contribution in [-0.4, -0.2) is 20.5 Å². The van der Waals surface area contributed by atoms with Crippen molar-refractivity contribution in [1.29, 1.82) is 0 Å². The van der Waals surface area contributed by atoms with Crippen LogP contribution in [0, 0.1) is 0 Å². The first-order valence-corrected chi connectivity index (χ1v) is 7.06. The molecule has 0 unspecified atom stereocenters. The Bertz CT molecular complexity index is 640. The fraction of sp³-hybridized carbons (Fsp3) is 0.188. The van der Waals surface area contributed by atoms with Crippen molar-refractivity contribution >= 4 is 22.2 Å². The lowest BCUT2D eigenvalue weighted by Gasteiger charge is -2.13. The molecule has 0 saturated heterocycles. The second kappa shape index (κ2) is 7.13. The first kappa shape index (κ1) is 15.4. The monoisotopic (exact) mass is 350 g/mol. The third kappa shape index (κ3) is 3.55. The van der Waals surface area contributed by atoms with Crippen LogP contribution in [-0.2, 0) is 6.61 Å². The molecule has 5 heteroatoms. The lowest BCUT2D eigenvalue weighted by Crippen LogP contribution is -2.01. The summed E-state index contributed by atoms with van der Waals surface area (Å²) in [5.74, 6) is 1.70. The molecule has 0 aliphatic carbocycles. The van der Waals surface area contributed by atoms with Crippen molar-refractivity contribution in [2.75, 3.05) is 14.2 Å². The summed E-state index contributed by atoms with van der Waals surface area (Å²) in [5, 5.41) is 0. The van der Waals surface area contributed by atoms with E-state index in [9.17, 15) is 4.79 Å². The zero-order valence-corrected chi connectivity index (χ0v) is 13.3. The smallest absolute Gasteiger partial charge is 0.172 e. The van der Waals surface area contributed by atoms with Crippen molar-refractivity contribution in [2.24, 2.45) is 0 Å². The Morgan fingerprint density at radius 3 is 2.62 bits per heavy atom. The Kier molecular flexibility index (Phi) is 5.22. The summed E-state index contributed by atoms with van der Waals surface area (Å²) in [6, 6.07) is 10.8. The van der Waals surface area contributed by atoms with Crippen molar-refractivity contribution in [1.82, 2.24) is 0 Å². The highest BCUT2D eigenvalue weighted by molar-refractivity contribution is 9.10. The van der Waals surface area contributed by atoms with Crippen molar-refractivity contribution in [2.45, 2.75) is 6.61 Å². The van der Waals surface area contributed by atoms with Crippen molar-refractivity contribution < 1.29 is 19.0 Å². The molecule has 110 valence electrons. The number of benzene rings is 2. The number of carbonyl (C=O) groups is 1. The number of carbonyl (C=O) groups excluding carboxylic acids is 1. The minimum absolute atomic E-state index is 0.291. The maximum absolute atomic E-state index is 11.1. The molecular formula is C16H15BrO4. The zero-order valence-electron chi connectivity index (χ0n) is 11.8. The van der Waals surface area contributed by atoms with E-state index < -0.39 is 0 Å². The molecule has 2 aromatic rings. The van der Waals surface area contributed by atoms with Gasteiger partial charge in [-0.25, -0.2) is 0 Å². The van der Waals surface area contributed by atoms with E-state index in [0.29, 0.717) is 23.7 Å². The van der Waals surface area contributed by atoms with Gasteiger partial charge >= 0.3 is 0 Å². The van der Waals surface area contributed by atoms with Crippen LogP contribution in [0.1, 0.15) is 15.9 Å². The molecular weight excluding hydrogens is 336 g/mol. The Morgan fingerprint density at radius 2 is 1.95 bits per heavy atom. The first-order chi connectivity index (χ1) is 10.2. The molecule has 4 nitrogen and oxygen atoms in total. The van der Waals surface area contributed by atoms with Gasteiger partial charge in [0.05, 0.1) is 19.8 Å². The van der Waals surface area contributed by atoms with Gasteiger partial charge in [-0.2, -0.15) is 0 Å². The number of aldehydes is 1. The van der Waals surface area contributed by atoms with Gasteiger partial charge in [-0.1, -0.05) is 22.0 Å².